The van der Waals surface area contributed by atoms with E-state index in [-0.39, 0.29) is 11.9 Å². The highest BCUT2D eigenvalue weighted by Gasteiger charge is 2.22. The number of carbonyl (C=O) groups excluding carboxylic acids is 1. The summed E-state index contributed by atoms with van der Waals surface area (Å²) in [7, 11) is 0. The van der Waals surface area contributed by atoms with E-state index in [2.05, 4.69) is 12.1 Å². The van der Waals surface area contributed by atoms with E-state index in [9.17, 15) is 10.0 Å². The van der Waals surface area contributed by atoms with Gasteiger partial charge in [-0.3, -0.25) is 4.79 Å². The molecule has 0 radical (unpaired) electrons. The molecule has 20 heavy (non-hydrogen) atoms. The monoisotopic (exact) mass is 277 g/mol. The molecule has 4 nitrogen and oxygen atoms in total. The van der Waals surface area contributed by atoms with Crippen molar-refractivity contribution in [2.24, 2.45) is 11.1 Å². The molecule has 0 aliphatic rings. The van der Waals surface area contributed by atoms with Gasteiger partial charge in [0.05, 0.1) is 18.2 Å². The van der Waals surface area contributed by atoms with Crippen LogP contribution >= 0.6 is 0 Å². The van der Waals surface area contributed by atoms with Crippen molar-refractivity contribution in [2.75, 3.05) is 6.61 Å². The molecule has 0 bridgehead atoms. The van der Waals surface area contributed by atoms with Crippen LogP contribution in [0.5, 0.6) is 0 Å². The summed E-state index contributed by atoms with van der Waals surface area (Å²) in [5.41, 5.74) is 1.36. The number of ether oxygens (including phenoxy) is 1. The Labute approximate surface area is 120 Å². The summed E-state index contributed by atoms with van der Waals surface area (Å²) in [4.78, 5) is 12.0. The van der Waals surface area contributed by atoms with Crippen LogP contribution in [0.4, 0.5) is 0 Å². The second kappa shape index (κ2) is 9.13. The number of carbonyl (C=O) groups is 1. The van der Waals surface area contributed by atoms with E-state index in [0.29, 0.717) is 18.7 Å². The van der Waals surface area contributed by atoms with Gasteiger partial charge in [-0.1, -0.05) is 55.3 Å². The summed E-state index contributed by atoms with van der Waals surface area (Å²) in [6.07, 6.45) is 3.13. The van der Waals surface area contributed by atoms with E-state index in [1.807, 2.05) is 30.3 Å². The molecule has 0 saturated heterocycles. The minimum Gasteiger partial charge on any atom is -0.466 e. The Kier molecular flexibility index (Phi) is 7.40. The van der Waals surface area contributed by atoms with Gasteiger partial charge in [0.25, 0.3) is 0 Å². The van der Waals surface area contributed by atoms with Crippen LogP contribution in [-0.2, 0) is 9.53 Å². The van der Waals surface area contributed by atoms with Crippen molar-refractivity contribution in [3.05, 3.63) is 35.9 Å². The van der Waals surface area contributed by atoms with Gasteiger partial charge in [-0.15, -0.1) is 0 Å². The van der Waals surface area contributed by atoms with E-state index in [0.717, 1.165) is 24.8 Å². The number of hydrogen-bond donors (Lipinski definition) is 1. The third-order valence-electron chi connectivity index (χ3n) is 3.19. The SMILES string of the molecule is CCCCC(C/C(=N/O)c1ccccc1)C(=O)OCC. The minimum absolute atomic E-state index is 0.210. The van der Waals surface area contributed by atoms with Crippen molar-refractivity contribution in [3.63, 3.8) is 0 Å². The molecule has 0 aromatic heterocycles. The third-order valence-corrected chi connectivity index (χ3v) is 3.19. The molecular formula is C16H23NO3. The molecule has 1 aromatic rings. The summed E-state index contributed by atoms with van der Waals surface area (Å²) < 4.78 is 5.11. The highest BCUT2D eigenvalue weighted by Crippen LogP contribution is 2.18. The number of esters is 1. The lowest BCUT2D eigenvalue weighted by atomic mass is 9.93. The zero-order chi connectivity index (χ0) is 14.8. The van der Waals surface area contributed by atoms with Gasteiger partial charge >= 0.3 is 5.97 Å². The zero-order valence-corrected chi connectivity index (χ0v) is 12.2. The van der Waals surface area contributed by atoms with Crippen LogP contribution in [0, 0.1) is 5.92 Å². The van der Waals surface area contributed by atoms with Gasteiger partial charge in [0.1, 0.15) is 0 Å². The maximum Gasteiger partial charge on any atom is 0.309 e. The summed E-state index contributed by atoms with van der Waals surface area (Å²) >= 11 is 0. The van der Waals surface area contributed by atoms with Crippen LogP contribution in [0.3, 0.4) is 0 Å². The fourth-order valence-electron chi connectivity index (χ4n) is 2.09. The largest absolute Gasteiger partial charge is 0.466 e. The second-order valence-electron chi connectivity index (χ2n) is 4.71. The van der Waals surface area contributed by atoms with E-state index >= 15 is 0 Å². The molecule has 1 rings (SSSR count). The first-order valence-corrected chi connectivity index (χ1v) is 7.15. The first-order valence-electron chi connectivity index (χ1n) is 7.15. The molecule has 1 aromatic carbocycles. The predicted molar refractivity (Wildman–Crippen MR) is 79.0 cm³/mol. The number of unbranched alkanes of at least 4 members (excludes halogenated alkanes) is 1. The lowest BCUT2D eigenvalue weighted by molar-refractivity contribution is -0.148. The molecule has 4 heteroatoms. The Morgan fingerprint density at radius 1 is 1.30 bits per heavy atom. The Morgan fingerprint density at radius 2 is 2.00 bits per heavy atom. The van der Waals surface area contributed by atoms with Crippen molar-refractivity contribution >= 4 is 11.7 Å². The van der Waals surface area contributed by atoms with Gasteiger partial charge in [-0.25, -0.2) is 0 Å². The van der Waals surface area contributed by atoms with Gasteiger partial charge in [-0.2, -0.15) is 0 Å². The lowest BCUT2D eigenvalue weighted by Crippen LogP contribution is -2.21. The standard InChI is InChI=1S/C16H23NO3/c1-3-5-9-14(16(18)20-4-2)12-15(17-19)13-10-7-6-8-11-13/h6-8,10-11,14,19H,3-5,9,12H2,1-2H3/b17-15-. The Morgan fingerprint density at radius 3 is 2.55 bits per heavy atom. The van der Waals surface area contributed by atoms with E-state index in [1.54, 1.807) is 6.92 Å². The third kappa shape index (κ3) is 5.03. The summed E-state index contributed by atoms with van der Waals surface area (Å²) in [6.45, 7) is 4.26. The number of hydrogen-bond acceptors (Lipinski definition) is 4. The van der Waals surface area contributed by atoms with Crippen molar-refractivity contribution < 1.29 is 14.7 Å². The van der Waals surface area contributed by atoms with Gasteiger partial charge in [0, 0.05) is 6.42 Å². The van der Waals surface area contributed by atoms with Crippen LogP contribution in [0.25, 0.3) is 0 Å². The van der Waals surface area contributed by atoms with Crippen LogP contribution < -0.4 is 0 Å². The van der Waals surface area contributed by atoms with E-state index in [1.165, 1.54) is 0 Å². The van der Waals surface area contributed by atoms with E-state index < -0.39 is 0 Å². The zero-order valence-electron chi connectivity index (χ0n) is 12.2. The molecule has 1 atom stereocenters. The maximum absolute atomic E-state index is 12.0. The van der Waals surface area contributed by atoms with Gasteiger partial charge in [0.2, 0.25) is 0 Å². The summed E-state index contributed by atoms with van der Waals surface area (Å²) in [5.74, 6) is -0.459. The molecule has 1 unspecified atom stereocenters. The minimum atomic E-state index is -0.249. The molecule has 0 heterocycles. The van der Waals surface area contributed by atoms with Crippen molar-refractivity contribution in [1.29, 1.82) is 0 Å². The molecule has 110 valence electrons. The first kappa shape index (κ1) is 16.2. The highest BCUT2D eigenvalue weighted by molar-refractivity contribution is 6.01. The smallest absolute Gasteiger partial charge is 0.309 e. The topological polar surface area (TPSA) is 58.9 Å². The van der Waals surface area contributed by atoms with Crippen molar-refractivity contribution in [3.8, 4) is 0 Å². The fourth-order valence-corrected chi connectivity index (χ4v) is 2.09. The number of oxime groups is 1. The quantitative estimate of drug-likeness (QED) is 0.342. The molecule has 0 amide bonds. The Bertz CT molecular complexity index is 429. The highest BCUT2D eigenvalue weighted by atomic mass is 16.5. The van der Waals surface area contributed by atoms with Crippen molar-refractivity contribution in [2.45, 2.75) is 39.5 Å². The number of nitrogens with zero attached hydrogens (tertiary/aromatic N) is 1. The second-order valence-corrected chi connectivity index (χ2v) is 4.71. The summed E-state index contributed by atoms with van der Waals surface area (Å²) in [6, 6.07) is 9.41. The van der Waals surface area contributed by atoms with Gasteiger partial charge in [0.15, 0.2) is 0 Å². The van der Waals surface area contributed by atoms with Crippen LogP contribution in [0.15, 0.2) is 35.5 Å². The van der Waals surface area contributed by atoms with Gasteiger partial charge < -0.3 is 9.94 Å². The first-order chi connectivity index (χ1) is 9.72. The maximum atomic E-state index is 12.0. The summed E-state index contributed by atoms with van der Waals surface area (Å²) in [5, 5.41) is 12.6. The molecular weight excluding hydrogens is 254 g/mol. The molecule has 0 aliphatic heterocycles. The molecule has 1 N–H and O–H groups in total. The Hall–Kier alpha value is -1.84. The predicted octanol–water partition coefficient (Wildman–Crippen LogP) is 3.62. The van der Waals surface area contributed by atoms with Crippen LogP contribution in [0.1, 0.15) is 45.1 Å². The molecule has 0 fully saturated rings. The molecule has 0 saturated carbocycles. The number of benzene rings is 1. The van der Waals surface area contributed by atoms with Crippen LogP contribution in [-0.4, -0.2) is 23.5 Å². The van der Waals surface area contributed by atoms with Crippen molar-refractivity contribution in [1.82, 2.24) is 0 Å². The van der Waals surface area contributed by atoms with E-state index in [4.69, 9.17) is 4.74 Å². The van der Waals surface area contributed by atoms with Crippen LogP contribution in [0.2, 0.25) is 0 Å². The molecule has 0 aliphatic carbocycles. The van der Waals surface area contributed by atoms with Gasteiger partial charge in [-0.05, 0) is 18.9 Å². The fraction of sp³-hybridized carbons (Fsp3) is 0.500. The normalized spacial score (nSPS) is 13.0. The Balaban J connectivity index is 2.78. The lowest BCUT2D eigenvalue weighted by Gasteiger charge is -2.16. The average molecular weight is 277 g/mol. The average Bonchev–Trinajstić information content (AvgIpc) is 2.48. The number of rotatable bonds is 8. The molecule has 0 spiro atoms.